The van der Waals surface area contributed by atoms with E-state index < -0.39 is 28.8 Å². The molecule has 3 aromatic rings. The Labute approximate surface area is 233 Å². The van der Waals surface area contributed by atoms with Gasteiger partial charge in [-0.3, -0.25) is 14.4 Å². The summed E-state index contributed by atoms with van der Waals surface area (Å²) in [6.45, 7) is 5.58. The van der Waals surface area contributed by atoms with Gasteiger partial charge in [-0.2, -0.15) is 0 Å². The number of fused-ring (bicyclic) bond motifs is 6. The maximum absolute atomic E-state index is 14.8. The van der Waals surface area contributed by atoms with Gasteiger partial charge < -0.3 is 19.7 Å². The third-order valence-corrected chi connectivity index (χ3v) is 8.48. The molecule has 3 aliphatic heterocycles. The first-order valence-electron chi connectivity index (χ1n) is 13.4. The van der Waals surface area contributed by atoms with Crippen LogP contribution < -0.4 is 19.7 Å². The zero-order chi connectivity index (χ0) is 28.4. The summed E-state index contributed by atoms with van der Waals surface area (Å²) in [5, 5.41) is 3.05. The number of nitrogens with zero attached hydrogens (tertiary/aromatic N) is 1. The Balaban J connectivity index is 1.67. The van der Waals surface area contributed by atoms with E-state index in [2.05, 4.69) is 5.32 Å². The fraction of sp³-hybridized carbons (Fsp3) is 0.303. The lowest BCUT2D eigenvalue weighted by Gasteiger charge is -2.38. The van der Waals surface area contributed by atoms with Gasteiger partial charge in [0.2, 0.25) is 5.91 Å². The van der Waals surface area contributed by atoms with Gasteiger partial charge in [-0.15, -0.1) is 0 Å². The molecule has 40 heavy (non-hydrogen) atoms. The molecule has 1 saturated heterocycles. The van der Waals surface area contributed by atoms with Crippen LogP contribution in [0, 0.1) is 11.3 Å². The molecule has 0 unspecified atom stereocenters. The molecule has 0 bridgehead atoms. The van der Waals surface area contributed by atoms with Gasteiger partial charge in [0.25, 0.3) is 0 Å². The molecule has 0 radical (unpaired) electrons. The van der Waals surface area contributed by atoms with E-state index in [-0.39, 0.29) is 17.5 Å². The third-order valence-electron chi connectivity index (χ3n) is 8.48. The van der Waals surface area contributed by atoms with Crippen LogP contribution in [-0.4, -0.2) is 43.8 Å². The summed E-state index contributed by atoms with van der Waals surface area (Å²) in [5.41, 5.74) is 1.31. The Morgan fingerprint density at radius 3 is 2.38 bits per heavy atom. The molecule has 6 rings (SSSR count). The van der Waals surface area contributed by atoms with Crippen LogP contribution in [0.5, 0.6) is 11.5 Å². The van der Waals surface area contributed by atoms with E-state index in [0.29, 0.717) is 22.7 Å². The van der Waals surface area contributed by atoms with E-state index >= 15 is 0 Å². The van der Waals surface area contributed by atoms with Gasteiger partial charge in [-0.25, -0.2) is 0 Å². The monoisotopic (exact) mass is 536 g/mol. The number of methoxy groups -OCH3 is 2. The normalized spacial score (nSPS) is 24.3. The number of para-hydroxylation sites is 1. The molecule has 0 saturated carbocycles. The highest BCUT2D eigenvalue weighted by Gasteiger charge is 2.70. The summed E-state index contributed by atoms with van der Waals surface area (Å²) >= 11 is 0. The Morgan fingerprint density at radius 1 is 0.925 bits per heavy atom. The SMILES string of the molecule is COc1cccc(C(=O)[C@@H]2[C@H](C(=O)C(C)(C)C)N3c4ccc(OC)cc4C=C[C@@H]3[C@]23C(=O)Nc2ccccc23)c1. The van der Waals surface area contributed by atoms with Gasteiger partial charge in [0.15, 0.2) is 11.6 Å². The molecular weight excluding hydrogens is 504 g/mol. The van der Waals surface area contributed by atoms with E-state index in [1.807, 2.05) is 80.3 Å². The van der Waals surface area contributed by atoms with Crippen molar-refractivity contribution in [3.05, 3.63) is 89.5 Å². The summed E-state index contributed by atoms with van der Waals surface area (Å²) in [6, 6.07) is 18.6. The second-order valence-corrected chi connectivity index (χ2v) is 11.6. The zero-order valence-electron chi connectivity index (χ0n) is 23.2. The van der Waals surface area contributed by atoms with Crippen LogP contribution in [0.1, 0.15) is 42.3 Å². The number of hydrogen-bond acceptors (Lipinski definition) is 6. The van der Waals surface area contributed by atoms with Crippen LogP contribution in [0.2, 0.25) is 0 Å². The maximum Gasteiger partial charge on any atom is 0.238 e. The maximum atomic E-state index is 14.8. The number of ketones is 2. The molecule has 7 nitrogen and oxygen atoms in total. The van der Waals surface area contributed by atoms with Crippen LogP contribution in [0.15, 0.2) is 72.8 Å². The number of rotatable bonds is 5. The Hall–Kier alpha value is -4.39. The summed E-state index contributed by atoms with van der Waals surface area (Å²) in [6.07, 6.45) is 3.93. The average molecular weight is 537 g/mol. The smallest absolute Gasteiger partial charge is 0.238 e. The van der Waals surface area contributed by atoms with Crippen molar-refractivity contribution in [2.24, 2.45) is 11.3 Å². The van der Waals surface area contributed by atoms with Crippen LogP contribution in [0.4, 0.5) is 11.4 Å². The van der Waals surface area contributed by atoms with E-state index in [9.17, 15) is 14.4 Å². The summed E-state index contributed by atoms with van der Waals surface area (Å²) in [5.74, 6) is -0.449. The average Bonchev–Trinajstić information content (AvgIpc) is 3.43. The molecule has 204 valence electrons. The minimum atomic E-state index is -1.34. The molecule has 0 aromatic heterocycles. The molecule has 1 fully saturated rings. The predicted octanol–water partition coefficient (Wildman–Crippen LogP) is 5.29. The molecule has 1 amide bonds. The number of carbonyl (C=O) groups excluding carboxylic acids is 3. The van der Waals surface area contributed by atoms with Crippen molar-refractivity contribution in [3.63, 3.8) is 0 Å². The Bertz CT molecular complexity index is 1590. The second kappa shape index (κ2) is 9.08. The van der Waals surface area contributed by atoms with Crippen molar-refractivity contribution >= 4 is 34.9 Å². The highest BCUT2D eigenvalue weighted by Crippen LogP contribution is 2.58. The number of nitrogens with one attached hydrogen (secondary N) is 1. The Morgan fingerprint density at radius 2 is 1.65 bits per heavy atom. The molecule has 3 heterocycles. The fourth-order valence-corrected chi connectivity index (χ4v) is 6.68. The highest BCUT2D eigenvalue weighted by molar-refractivity contribution is 6.17. The number of carbonyl (C=O) groups is 3. The summed E-state index contributed by atoms with van der Waals surface area (Å²) < 4.78 is 10.9. The first kappa shape index (κ1) is 25.9. The molecule has 1 N–H and O–H groups in total. The van der Waals surface area contributed by atoms with Gasteiger partial charge in [-0.1, -0.05) is 63.3 Å². The molecule has 3 aromatic carbocycles. The van der Waals surface area contributed by atoms with E-state index in [0.717, 1.165) is 16.8 Å². The predicted molar refractivity (Wildman–Crippen MR) is 154 cm³/mol. The van der Waals surface area contributed by atoms with Crippen LogP contribution in [-0.2, 0) is 15.0 Å². The first-order chi connectivity index (χ1) is 19.1. The molecule has 4 atom stereocenters. The number of Topliss-reactive ketones (excluding diaryl/α,β-unsaturated/α-hetero) is 2. The summed E-state index contributed by atoms with van der Waals surface area (Å²) in [7, 11) is 3.15. The second-order valence-electron chi connectivity index (χ2n) is 11.6. The van der Waals surface area contributed by atoms with Gasteiger partial charge in [0.05, 0.1) is 26.2 Å². The highest BCUT2D eigenvalue weighted by atomic mass is 16.5. The number of benzene rings is 3. The number of anilines is 2. The third kappa shape index (κ3) is 3.53. The minimum Gasteiger partial charge on any atom is -0.497 e. The number of ether oxygens (including phenoxy) is 2. The molecule has 0 aliphatic carbocycles. The first-order valence-corrected chi connectivity index (χ1v) is 13.4. The lowest BCUT2D eigenvalue weighted by Crippen LogP contribution is -2.51. The molecule has 1 spiro atoms. The van der Waals surface area contributed by atoms with Crippen molar-refractivity contribution in [1.82, 2.24) is 0 Å². The zero-order valence-corrected chi connectivity index (χ0v) is 23.2. The van der Waals surface area contributed by atoms with Crippen LogP contribution >= 0.6 is 0 Å². The van der Waals surface area contributed by atoms with E-state index in [1.54, 1.807) is 38.5 Å². The number of hydrogen-bond donors (Lipinski definition) is 1. The Kier molecular flexibility index (Phi) is 5.87. The largest absolute Gasteiger partial charge is 0.497 e. The minimum absolute atomic E-state index is 0.107. The van der Waals surface area contributed by atoms with Crippen molar-refractivity contribution < 1.29 is 23.9 Å². The number of amides is 1. The molecule has 7 heteroatoms. The van der Waals surface area contributed by atoms with Crippen molar-refractivity contribution in [2.45, 2.75) is 38.3 Å². The standard InChI is InChI=1S/C33H32N2O5/c1-32(2,3)30(37)28-27(29(36)20-9-8-10-21(18-20)39-4)33(23-11-6-7-12-24(23)34-31(33)38)26-16-13-19-17-22(40-5)14-15-25(19)35(26)28/h6-18,26-28H,1-5H3,(H,34,38)/t26-,27+,28-,33+/m1/s1. The molecular formula is C33H32N2O5. The lowest BCUT2D eigenvalue weighted by atomic mass is 9.63. The van der Waals surface area contributed by atoms with Crippen molar-refractivity contribution in [3.8, 4) is 11.5 Å². The lowest BCUT2D eigenvalue weighted by molar-refractivity contribution is -0.128. The van der Waals surface area contributed by atoms with Crippen molar-refractivity contribution in [2.75, 3.05) is 24.4 Å². The van der Waals surface area contributed by atoms with Crippen molar-refractivity contribution in [1.29, 1.82) is 0 Å². The van der Waals surface area contributed by atoms with Crippen LogP contribution in [0.3, 0.4) is 0 Å². The molecule has 3 aliphatic rings. The van der Waals surface area contributed by atoms with E-state index in [4.69, 9.17) is 9.47 Å². The summed E-state index contributed by atoms with van der Waals surface area (Å²) in [4.78, 5) is 45.6. The van der Waals surface area contributed by atoms with Gasteiger partial charge >= 0.3 is 0 Å². The quantitative estimate of drug-likeness (QED) is 0.446. The van der Waals surface area contributed by atoms with Crippen LogP contribution in [0.25, 0.3) is 6.08 Å². The topological polar surface area (TPSA) is 84.9 Å². The fourth-order valence-electron chi connectivity index (χ4n) is 6.68. The van der Waals surface area contributed by atoms with Gasteiger partial charge in [-0.05, 0) is 42.0 Å². The van der Waals surface area contributed by atoms with E-state index in [1.165, 1.54) is 0 Å². The van der Waals surface area contributed by atoms with Gasteiger partial charge in [0, 0.05) is 27.9 Å². The van der Waals surface area contributed by atoms with Gasteiger partial charge in [0.1, 0.15) is 23.0 Å².